The van der Waals surface area contributed by atoms with Crippen LogP contribution in [0.1, 0.15) is 19.6 Å². The Hall–Kier alpha value is -1.90. The number of nitrogens with zero attached hydrogens (tertiary/aromatic N) is 1. The molecular formula is C19H28IN3O3. The van der Waals surface area contributed by atoms with E-state index < -0.39 is 0 Å². The third-order valence-electron chi connectivity index (χ3n) is 3.49. The Morgan fingerprint density at radius 2 is 1.88 bits per heavy atom. The summed E-state index contributed by atoms with van der Waals surface area (Å²) in [5.74, 6) is 3.35. The molecule has 2 rings (SSSR count). The second-order valence-electron chi connectivity index (χ2n) is 5.58. The number of furan rings is 1. The lowest BCUT2D eigenvalue weighted by atomic mass is 10.3. The molecule has 1 aromatic heterocycles. The summed E-state index contributed by atoms with van der Waals surface area (Å²) < 4.78 is 16.3. The topological polar surface area (TPSA) is 68.0 Å². The van der Waals surface area contributed by atoms with Gasteiger partial charge in [-0.3, -0.25) is 0 Å². The number of rotatable bonds is 9. The lowest BCUT2D eigenvalue weighted by Crippen LogP contribution is -2.39. The summed E-state index contributed by atoms with van der Waals surface area (Å²) in [4.78, 5) is 4.58. The molecule has 1 aromatic carbocycles. The molecule has 7 heteroatoms. The number of aliphatic imine (C=N–C) groups is 1. The highest BCUT2D eigenvalue weighted by Crippen LogP contribution is 2.18. The lowest BCUT2D eigenvalue weighted by Gasteiger charge is -2.15. The van der Waals surface area contributed by atoms with Crippen LogP contribution < -0.4 is 20.1 Å². The summed E-state index contributed by atoms with van der Waals surface area (Å²) in [6.45, 7) is 6.16. The Morgan fingerprint density at radius 3 is 2.50 bits per heavy atom. The van der Waals surface area contributed by atoms with Crippen LogP contribution in [0.3, 0.4) is 0 Å². The van der Waals surface area contributed by atoms with Gasteiger partial charge in [-0.2, -0.15) is 0 Å². The molecule has 2 N–H and O–H groups in total. The zero-order chi connectivity index (χ0) is 17.9. The molecule has 0 radical (unpaired) electrons. The first kappa shape index (κ1) is 22.1. The molecule has 0 aliphatic rings. The molecule has 0 fully saturated rings. The minimum atomic E-state index is -0.0334. The van der Waals surface area contributed by atoms with Crippen molar-refractivity contribution in [3.63, 3.8) is 0 Å². The van der Waals surface area contributed by atoms with Gasteiger partial charge in [0.1, 0.15) is 23.4 Å². The second-order valence-corrected chi connectivity index (χ2v) is 5.58. The number of nitrogens with one attached hydrogen (secondary N) is 2. The Labute approximate surface area is 172 Å². The van der Waals surface area contributed by atoms with Gasteiger partial charge in [-0.1, -0.05) is 0 Å². The fraction of sp³-hybridized carbons (Fsp3) is 0.421. The van der Waals surface area contributed by atoms with Crippen LogP contribution in [0.5, 0.6) is 11.5 Å². The number of halogens is 1. The smallest absolute Gasteiger partial charge is 0.191 e. The van der Waals surface area contributed by atoms with Gasteiger partial charge in [-0.05, 0) is 50.2 Å². The quantitative estimate of drug-likeness (QED) is 0.332. The molecule has 0 aliphatic carbocycles. The maximum absolute atomic E-state index is 5.87. The fourth-order valence-corrected chi connectivity index (χ4v) is 2.24. The molecule has 0 saturated carbocycles. The van der Waals surface area contributed by atoms with Crippen LogP contribution >= 0.6 is 24.0 Å². The maximum Gasteiger partial charge on any atom is 0.191 e. The largest absolute Gasteiger partial charge is 0.497 e. The minimum Gasteiger partial charge on any atom is -0.497 e. The molecule has 1 atom stereocenters. The summed E-state index contributed by atoms with van der Waals surface area (Å²) in [5.41, 5.74) is 0. The minimum absolute atomic E-state index is 0. The fourth-order valence-electron chi connectivity index (χ4n) is 2.24. The molecule has 1 heterocycles. The van der Waals surface area contributed by atoms with Gasteiger partial charge >= 0.3 is 0 Å². The first-order valence-electron chi connectivity index (χ1n) is 8.56. The number of benzene rings is 1. The van der Waals surface area contributed by atoms with Crippen LogP contribution in [-0.4, -0.2) is 38.8 Å². The summed E-state index contributed by atoms with van der Waals surface area (Å²) in [5, 5.41) is 6.53. The van der Waals surface area contributed by atoms with Gasteiger partial charge in [0.05, 0.1) is 19.9 Å². The van der Waals surface area contributed by atoms with Crippen LogP contribution in [-0.2, 0) is 6.42 Å². The van der Waals surface area contributed by atoms with Gasteiger partial charge in [-0.25, -0.2) is 4.99 Å². The SMILES string of the molecule is CCNC(=NCC(C)Oc1ccc(OC)cc1)NCCc1ccco1.I. The van der Waals surface area contributed by atoms with Gasteiger partial charge in [-0.15, -0.1) is 24.0 Å². The number of ether oxygens (including phenoxy) is 2. The van der Waals surface area contributed by atoms with Gasteiger partial charge in [0, 0.05) is 19.5 Å². The van der Waals surface area contributed by atoms with Crippen molar-refractivity contribution >= 4 is 29.9 Å². The van der Waals surface area contributed by atoms with Gasteiger partial charge < -0.3 is 24.5 Å². The zero-order valence-electron chi connectivity index (χ0n) is 15.5. The Bertz CT molecular complexity index is 630. The molecule has 2 aromatic rings. The van der Waals surface area contributed by atoms with Gasteiger partial charge in [0.25, 0.3) is 0 Å². The Kier molecular flexibility index (Phi) is 10.6. The van der Waals surface area contributed by atoms with Crippen LogP contribution in [0.15, 0.2) is 52.1 Å². The summed E-state index contributed by atoms with van der Waals surface area (Å²) in [6, 6.07) is 11.4. The van der Waals surface area contributed by atoms with Crippen molar-refractivity contribution in [2.24, 2.45) is 4.99 Å². The zero-order valence-corrected chi connectivity index (χ0v) is 17.9. The second kappa shape index (κ2) is 12.5. The normalized spacial score (nSPS) is 12.0. The van der Waals surface area contributed by atoms with Crippen LogP contribution in [0.25, 0.3) is 0 Å². The molecule has 0 spiro atoms. The van der Waals surface area contributed by atoms with E-state index in [2.05, 4.69) is 15.6 Å². The van der Waals surface area contributed by atoms with E-state index in [9.17, 15) is 0 Å². The van der Waals surface area contributed by atoms with E-state index >= 15 is 0 Å². The van der Waals surface area contributed by atoms with Gasteiger partial charge in [0.15, 0.2) is 5.96 Å². The number of hydrogen-bond acceptors (Lipinski definition) is 4. The van der Waals surface area contributed by atoms with Crippen LogP contribution in [0, 0.1) is 0 Å². The van der Waals surface area contributed by atoms with E-state index in [1.54, 1.807) is 13.4 Å². The molecular weight excluding hydrogens is 445 g/mol. The van der Waals surface area contributed by atoms with E-state index in [0.717, 1.165) is 42.7 Å². The van der Waals surface area contributed by atoms with Crippen LogP contribution in [0.2, 0.25) is 0 Å². The number of guanidine groups is 1. The van der Waals surface area contributed by atoms with Crippen molar-refractivity contribution in [1.82, 2.24) is 10.6 Å². The molecule has 6 nitrogen and oxygen atoms in total. The molecule has 0 aliphatic heterocycles. The Morgan fingerprint density at radius 1 is 1.15 bits per heavy atom. The highest BCUT2D eigenvalue weighted by atomic mass is 127. The van der Waals surface area contributed by atoms with Crippen molar-refractivity contribution in [2.75, 3.05) is 26.7 Å². The summed E-state index contributed by atoms with van der Waals surface area (Å²) >= 11 is 0. The molecule has 0 saturated heterocycles. The van der Waals surface area contributed by atoms with Crippen molar-refractivity contribution < 1.29 is 13.9 Å². The summed E-state index contributed by atoms with van der Waals surface area (Å²) in [6.07, 6.45) is 2.47. The maximum atomic E-state index is 5.87. The average molecular weight is 473 g/mol. The monoisotopic (exact) mass is 473 g/mol. The van der Waals surface area contributed by atoms with Crippen molar-refractivity contribution in [3.8, 4) is 11.5 Å². The predicted molar refractivity (Wildman–Crippen MR) is 115 cm³/mol. The standard InChI is InChI=1S/C19H27N3O3.HI/c1-4-20-19(21-12-11-17-6-5-13-24-17)22-14-15(2)25-18-9-7-16(23-3)8-10-18;/h5-10,13,15H,4,11-12,14H2,1-3H3,(H2,20,21,22);1H. The van der Waals surface area contributed by atoms with E-state index in [4.69, 9.17) is 13.9 Å². The average Bonchev–Trinajstić information content (AvgIpc) is 3.14. The van der Waals surface area contributed by atoms with Crippen molar-refractivity contribution in [3.05, 3.63) is 48.4 Å². The van der Waals surface area contributed by atoms with Crippen LogP contribution in [0.4, 0.5) is 0 Å². The first-order chi connectivity index (χ1) is 12.2. The molecule has 0 amide bonds. The van der Waals surface area contributed by atoms with E-state index in [1.807, 2.05) is 50.2 Å². The number of hydrogen-bond donors (Lipinski definition) is 2. The third-order valence-corrected chi connectivity index (χ3v) is 3.49. The van der Waals surface area contributed by atoms with E-state index in [0.29, 0.717) is 6.54 Å². The Balaban J connectivity index is 0.00000338. The molecule has 26 heavy (non-hydrogen) atoms. The van der Waals surface area contributed by atoms with Gasteiger partial charge in [0.2, 0.25) is 0 Å². The summed E-state index contributed by atoms with van der Waals surface area (Å²) in [7, 11) is 1.65. The van der Waals surface area contributed by atoms with Crippen molar-refractivity contribution in [1.29, 1.82) is 0 Å². The number of methoxy groups -OCH3 is 1. The molecule has 0 bridgehead atoms. The highest BCUT2D eigenvalue weighted by molar-refractivity contribution is 14.0. The highest BCUT2D eigenvalue weighted by Gasteiger charge is 2.05. The third kappa shape index (κ3) is 7.99. The van der Waals surface area contributed by atoms with E-state index in [-0.39, 0.29) is 30.1 Å². The van der Waals surface area contributed by atoms with Crippen molar-refractivity contribution in [2.45, 2.75) is 26.4 Å². The lowest BCUT2D eigenvalue weighted by molar-refractivity contribution is 0.230. The first-order valence-corrected chi connectivity index (χ1v) is 8.56. The van der Waals surface area contributed by atoms with E-state index in [1.165, 1.54) is 0 Å². The predicted octanol–water partition coefficient (Wildman–Crippen LogP) is 3.47. The molecule has 1 unspecified atom stereocenters. The molecule has 144 valence electrons.